The highest BCUT2D eigenvalue weighted by molar-refractivity contribution is 5.84. The predicted octanol–water partition coefficient (Wildman–Crippen LogP) is 2.65. The number of carbonyl (C=O) groups is 1. The molecular weight excluding hydrogens is 324 g/mol. The first-order valence-corrected chi connectivity index (χ1v) is 9.55. The van der Waals surface area contributed by atoms with Crippen LogP contribution >= 0.6 is 0 Å². The van der Waals surface area contributed by atoms with Crippen LogP contribution in [0, 0.1) is 5.41 Å². The fourth-order valence-electron chi connectivity index (χ4n) is 4.67. The van der Waals surface area contributed by atoms with Gasteiger partial charge >= 0.3 is 0 Å². The number of rotatable bonds is 3. The molecule has 2 aliphatic heterocycles. The number of aryl methyl sites for hydroxylation is 1. The summed E-state index contributed by atoms with van der Waals surface area (Å²) < 4.78 is 2.10. The van der Waals surface area contributed by atoms with Crippen molar-refractivity contribution in [1.82, 2.24) is 19.4 Å². The molecule has 0 bridgehead atoms. The van der Waals surface area contributed by atoms with E-state index in [1.165, 1.54) is 5.56 Å². The first-order valence-electron chi connectivity index (χ1n) is 9.55. The highest BCUT2D eigenvalue weighted by Crippen LogP contribution is 2.45. The quantitative estimate of drug-likeness (QED) is 0.853. The standard InChI is InChI=1S/C21H28N4O/c1-23-13-10-22-19(23)15-25-11-8-21(9-12-25)14-18(20(26)24(2)16-21)17-6-4-3-5-7-17/h3-7,10,13,18H,8-9,11-12,14-16H2,1-2H3. The molecule has 2 aliphatic rings. The average Bonchev–Trinajstić information content (AvgIpc) is 3.06. The first kappa shape index (κ1) is 17.3. The zero-order valence-corrected chi connectivity index (χ0v) is 15.8. The Balaban J connectivity index is 1.45. The highest BCUT2D eigenvalue weighted by atomic mass is 16.2. The van der Waals surface area contributed by atoms with Crippen LogP contribution in [-0.4, -0.2) is 51.9 Å². The second kappa shape index (κ2) is 6.88. The Bertz CT molecular complexity index is 761. The van der Waals surface area contributed by atoms with Crippen molar-refractivity contribution in [3.8, 4) is 0 Å². The molecule has 1 spiro atoms. The van der Waals surface area contributed by atoms with Crippen LogP contribution in [0.25, 0.3) is 0 Å². The van der Waals surface area contributed by atoms with Crippen LogP contribution in [0.4, 0.5) is 0 Å². The second-order valence-electron chi connectivity index (χ2n) is 8.09. The molecule has 5 nitrogen and oxygen atoms in total. The van der Waals surface area contributed by atoms with Gasteiger partial charge in [-0.25, -0.2) is 4.98 Å². The van der Waals surface area contributed by atoms with Crippen LogP contribution in [0.5, 0.6) is 0 Å². The third-order valence-electron chi connectivity index (χ3n) is 6.29. The van der Waals surface area contributed by atoms with E-state index >= 15 is 0 Å². The van der Waals surface area contributed by atoms with E-state index in [9.17, 15) is 4.79 Å². The van der Waals surface area contributed by atoms with Crippen molar-refractivity contribution in [1.29, 1.82) is 0 Å². The molecule has 1 atom stereocenters. The Morgan fingerprint density at radius 2 is 1.88 bits per heavy atom. The van der Waals surface area contributed by atoms with Crippen LogP contribution in [0.1, 0.15) is 36.6 Å². The van der Waals surface area contributed by atoms with Crippen LogP contribution in [0.2, 0.25) is 0 Å². The van der Waals surface area contributed by atoms with Crippen molar-refractivity contribution in [3.05, 3.63) is 54.1 Å². The Kier molecular flexibility index (Phi) is 4.57. The molecule has 0 saturated carbocycles. The average molecular weight is 352 g/mol. The summed E-state index contributed by atoms with van der Waals surface area (Å²) in [5.74, 6) is 1.41. The van der Waals surface area contributed by atoms with Crippen molar-refractivity contribution in [2.75, 3.05) is 26.7 Å². The maximum absolute atomic E-state index is 12.8. The lowest BCUT2D eigenvalue weighted by molar-refractivity contribution is -0.139. The van der Waals surface area contributed by atoms with Crippen LogP contribution in [-0.2, 0) is 18.4 Å². The smallest absolute Gasteiger partial charge is 0.229 e. The Morgan fingerprint density at radius 3 is 2.54 bits per heavy atom. The zero-order chi connectivity index (χ0) is 18.1. The normalized spacial score (nSPS) is 23.5. The minimum absolute atomic E-state index is 0.0102. The van der Waals surface area contributed by atoms with E-state index in [0.29, 0.717) is 0 Å². The van der Waals surface area contributed by atoms with Gasteiger partial charge < -0.3 is 9.47 Å². The number of benzene rings is 1. The number of nitrogens with zero attached hydrogens (tertiary/aromatic N) is 4. The number of likely N-dealkylation sites (N-methyl/N-ethyl adjacent to an activating group) is 1. The lowest BCUT2D eigenvalue weighted by Crippen LogP contribution is -2.52. The van der Waals surface area contributed by atoms with Crippen molar-refractivity contribution in [3.63, 3.8) is 0 Å². The molecule has 5 heteroatoms. The molecule has 26 heavy (non-hydrogen) atoms. The summed E-state index contributed by atoms with van der Waals surface area (Å²) in [5, 5.41) is 0. The maximum atomic E-state index is 12.8. The zero-order valence-electron chi connectivity index (χ0n) is 15.8. The van der Waals surface area contributed by atoms with E-state index in [4.69, 9.17) is 0 Å². The van der Waals surface area contributed by atoms with Gasteiger partial charge in [0.05, 0.1) is 12.5 Å². The number of imidazole rings is 1. The number of amides is 1. The highest BCUT2D eigenvalue weighted by Gasteiger charge is 2.45. The fraction of sp³-hybridized carbons (Fsp3) is 0.524. The molecule has 2 saturated heterocycles. The SMILES string of the molecule is CN1CC2(CCN(Cc3nccn3C)CC2)CC(c2ccccc2)C1=O. The fourth-order valence-corrected chi connectivity index (χ4v) is 4.67. The molecule has 1 aromatic heterocycles. The monoisotopic (exact) mass is 352 g/mol. The Hall–Kier alpha value is -2.14. The predicted molar refractivity (Wildman–Crippen MR) is 102 cm³/mol. The number of carbonyl (C=O) groups excluding carboxylic acids is 1. The summed E-state index contributed by atoms with van der Waals surface area (Å²) in [6, 6.07) is 10.3. The minimum Gasteiger partial charge on any atom is -0.345 e. The molecule has 1 aromatic carbocycles. The largest absolute Gasteiger partial charge is 0.345 e. The molecule has 0 N–H and O–H groups in total. The third kappa shape index (κ3) is 3.28. The molecule has 138 valence electrons. The minimum atomic E-state index is 0.0102. The van der Waals surface area contributed by atoms with E-state index in [1.807, 2.05) is 42.5 Å². The first-order chi connectivity index (χ1) is 12.6. The van der Waals surface area contributed by atoms with E-state index < -0.39 is 0 Å². The molecule has 0 aliphatic carbocycles. The van der Waals surface area contributed by atoms with Crippen molar-refractivity contribution in [2.24, 2.45) is 12.5 Å². The van der Waals surface area contributed by atoms with Gasteiger partial charge in [0.15, 0.2) is 0 Å². The van der Waals surface area contributed by atoms with Crippen molar-refractivity contribution < 1.29 is 4.79 Å². The molecular formula is C21H28N4O. The molecule has 0 radical (unpaired) electrons. The number of piperidine rings is 2. The van der Waals surface area contributed by atoms with Gasteiger partial charge in [-0.3, -0.25) is 9.69 Å². The topological polar surface area (TPSA) is 41.4 Å². The summed E-state index contributed by atoms with van der Waals surface area (Å²) in [6.45, 7) is 3.97. The number of aromatic nitrogens is 2. The molecule has 3 heterocycles. The summed E-state index contributed by atoms with van der Waals surface area (Å²) in [7, 11) is 4.03. The molecule has 1 amide bonds. The van der Waals surface area contributed by atoms with Crippen molar-refractivity contribution >= 4 is 5.91 Å². The van der Waals surface area contributed by atoms with E-state index in [0.717, 1.165) is 51.3 Å². The summed E-state index contributed by atoms with van der Waals surface area (Å²) in [4.78, 5) is 21.7. The second-order valence-corrected chi connectivity index (χ2v) is 8.09. The van der Waals surface area contributed by atoms with E-state index in [2.05, 4.69) is 33.6 Å². The lowest BCUT2D eigenvalue weighted by Gasteiger charge is -2.49. The van der Waals surface area contributed by atoms with Crippen LogP contribution in [0.3, 0.4) is 0 Å². The number of hydrogen-bond acceptors (Lipinski definition) is 3. The van der Waals surface area contributed by atoms with Crippen LogP contribution in [0.15, 0.2) is 42.7 Å². The Labute approximate surface area is 155 Å². The molecule has 2 fully saturated rings. The van der Waals surface area contributed by atoms with E-state index in [1.54, 1.807) is 0 Å². The van der Waals surface area contributed by atoms with Crippen LogP contribution < -0.4 is 0 Å². The lowest BCUT2D eigenvalue weighted by atomic mass is 9.68. The molecule has 2 aromatic rings. The van der Waals surface area contributed by atoms with Crippen molar-refractivity contribution in [2.45, 2.75) is 31.7 Å². The molecule has 4 rings (SSSR count). The van der Waals surface area contributed by atoms with Gasteiger partial charge in [0.25, 0.3) is 0 Å². The number of hydrogen-bond donors (Lipinski definition) is 0. The Morgan fingerprint density at radius 1 is 1.15 bits per heavy atom. The number of likely N-dealkylation sites (tertiary alicyclic amines) is 2. The summed E-state index contributed by atoms with van der Waals surface area (Å²) in [6.07, 6.45) is 7.16. The van der Waals surface area contributed by atoms with Gasteiger partial charge in [-0.1, -0.05) is 30.3 Å². The summed E-state index contributed by atoms with van der Waals surface area (Å²) >= 11 is 0. The summed E-state index contributed by atoms with van der Waals surface area (Å²) in [5.41, 5.74) is 1.42. The maximum Gasteiger partial charge on any atom is 0.229 e. The molecule has 1 unspecified atom stereocenters. The third-order valence-corrected chi connectivity index (χ3v) is 6.29. The van der Waals surface area contributed by atoms with E-state index in [-0.39, 0.29) is 17.2 Å². The van der Waals surface area contributed by atoms with Gasteiger partial charge in [0, 0.05) is 33.0 Å². The van der Waals surface area contributed by atoms with Gasteiger partial charge in [0.1, 0.15) is 5.82 Å². The van der Waals surface area contributed by atoms with Gasteiger partial charge in [-0.2, -0.15) is 0 Å². The van der Waals surface area contributed by atoms with Gasteiger partial charge in [0.2, 0.25) is 5.91 Å². The van der Waals surface area contributed by atoms with Gasteiger partial charge in [-0.15, -0.1) is 0 Å². The van der Waals surface area contributed by atoms with Gasteiger partial charge in [-0.05, 0) is 43.3 Å².